The molecule has 1 heterocycles. The minimum atomic E-state index is 0.0820. The number of hydrogen-bond donors (Lipinski definition) is 1. The lowest BCUT2D eigenvalue weighted by Gasteiger charge is -2.22. The van der Waals surface area contributed by atoms with Gasteiger partial charge in [0.15, 0.2) is 0 Å². The van der Waals surface area contributed by atoms with Crippen molar-refractivity contribution in [1.82, 2.24) is 5.32 Å². The molecule has 132 valence electrons. The van der Waals surface area contributed by atoms with E-state index in [4.69, 9.17) is 4.74 Å². The molecule has 4 rings (SSSR count). The normalized spacial score (nSPS) is 17.1. The highest BCUT2D eigenvalue weighted by molar-refractivity contribution is 5.89. The van der Waals surface area contributed by atoms with Crippen molar-refractivity contribution < 1.29 is 9.53 Å². The Morgan fingerprint density at radius 3 is 2.69 bits per heavy atom. The average molecular weight is 345 g/mol. The van der Waals surface area contributed by atoms with Crippen molar-refractivity contribution in [2.24, 2.45) is 5.92 Å². The van der Waals surface area contributed by atoms with Crippen LogP contribution in [0.1, 0.15) is 24.0 Å². The number of benzene rings is 3. The molecule has 1 aliphatic heterocycles. The standard InChI is InChI=1S/C23H23NO2/c25-23-20(9-5-13-24-23)14-18-11-12-19-8-4-10-22(21(19)15-18)26-16-17-6-2-1-3-7-17/h1-4,6-8,10-12,15,20H,5,9,13-14,16H2,(H,24,25). The maximum Gasteiger partial charge on any atom is 0.223 e. The van der Waals surface area contributed by atoms with Crippen LogP contribution in [0.4, 0.5) is 0 Å². The van der Waals surface area contributed by atoms with Gasteiger partial charge in [0.1, 0.15) is 12.4 Å². The molecule has 3 aromatic carbocycles. The monoisotopic (exact) mass is 345 g/mol. The van der Waals surface area contributed by atoms with Crippen molar-refractivity contribution in [1.29, 1.82) is 0 Å². The molecule has 1 N–H and O–H groups in total. The predicted molar refractivity (Wildman–Crippen MR) is 104 cm³/mol. The first-order valence-corrected chi connectivity index (χ1v) is 9.26. The quantitative estimate of drug-likeness (QED) is 0.740. The van der Waals surface area contributed by atoms with Gasteiger partial charge in [-0.3, -0.25) is 4.79 Å². The Kier molecular flexibility index (Phi) is 4.87. The largest absolute Gasteiger partial charge is 0.488 e. The Balaban J connectivity index is 1.56. The van der Waals surface area contributed by atoms with E-state index in [0.29, 0.717) is 6.61 Å². The van der Waals surface area contributed by atoms with Crippen molar-refractivity contribution in [2.45, 2.75) is 25.9 Å². The van der Waals surface area contributed by atoms with Gasteiger partial charge in [0.2, 0.25) is 5.91 Å². The van der Waals surface area contributed by atoms with Gasteiger partial charge < -0.3 is 10.1 Å². The van der Waals surface area contributed by atoms with Crippen LogP contribution in [0.2, 0.25) is 0 Å². The SMILES string of the molecule is O=C1NCCCC1Cc1ccc2cccc(OCc3ccccc3)c2c1. The van der Waals surface area contributed by atoms with E-state index in [1.807, 2.05) is 30.3 Å². The zero-order chi connectivity index (χ0) is 17.8. The highest BCUT2D eigenvalue weighted by Gasteiger charge is 2.22. The van der Waals surface area contributed by atoms with E-state index in [1.165, 1.54) is 5.56 Å². The molecule has 0 aliphatic carbocycles. The fraction of sp³-hybridized carbons (Fsp3) is 0.261. The summed E-state index contributed by atoms with van der Waals surface area (Å²) in [6.07, 6.45) is 2.82. The molecular weight excluding hydrogens is 322 g/mol. The maximum absolute atomic E-state index is 12.1. The number of carbonyl (C=O) groups is 1. The molecule has 1 unspecified atom stereocenters. The molecule has 1 fully saturated rings. The van der Waals surface area contributed by atoms with E-state index in [-0.39, 0.29) is 11.8 Å². The summed E-state index contributed by atoms with van der Waals surface area (Å²) >= 11 is 0. The van der Waals surface area contributed by atoms with E-state index in [0.717, 1.165) is 47.9 Å². The molecule has 1 saturated heterocycles. The van der Waals surface area contributed by atoms with Crippen LogP contribution in [0.15, 0.2) is 66.7 Å². The number of hydrogen-bond acceptors (Lipinski definition) is 2. The number of rotatable bonds is 5. The zero-order valence-corrected chi connectivity index (χ0v) is 14.8. The summed E-state index contributed by atoms with van der Waals surface area (Å²) in [6.45, 7) is 1.36. The second-order valence-electron chi connectivity index (χ2n) is 6.92. The van der Waals surface area contributed by atoms with Gasteiger partial charge in [0.05, 0.1) is 0 Å². The van der Waals surface area contributed by atoms with Crippen LogP contribution in [0.3, 0.4) is 0 Å². The molecule has 1 aliphatic rings. The van der Waals surface area contributed by atoms with Crippen molar-refractivity contribution in [3.05, 3.63) is 77.9 Å². The van der Waals surface area contributed by atoms with Gasteiger partial charge in [-0.2, -0.15) is 0 Å². The second kappa shape index (κ2) is 7.61. The number of nitrogens with one attached hydrogen (secondary N) is 1. The molecule has 0 saturated carbocycles. The third kappa shape index (κ3) is 3.72. The summed E-state index contributed by atoms with van der Waals surface area (Å²) in [6, 6.07) is 22.8. The highest BCUT2D eigenvalue weighted by Crippen LogP contribution is 2.29. The first-order chi connectivity index (χ1) is 12.8. The Bertz CT molecular complexity index is 904. The van der Waals surface area contributed by atoms with Crippen molar-refractivity contribution >= 4 is 16.7 Å². The number of carbonyl (C=O) groups excluding carboxylic acids is 1. The molecule has 0 aromatic heterocycles. The third-order valence-corrected chi connectivity index (χ3v) is 5.03. The molecule has 3 aromatic rings. The van der Waals surface area contributed by atoms with Crippen molar-refractivity contribution in [3.63, 3.8) is 0 Å². The lowest BCUT2D eigenvalue weighted by atomic mass is 9.90. The summed E-state index contributed by atoms with van der Waals surface area (Å²) in [5, 5.41) is 5.24. The minimum Gasteiger partial charge on any atom is -0.488 e. The van der Waals surface area contributed by atoms with Gasteiger partial charge in [-0.05, 0) is 47.9 Å². The Labute approximate surface area is 154 Å². The summed E-state index contributed by atoms with van der Waals surface area (Å²) in [5.74, 6) is 1.16. The summed E-state index contributed by atoms with van der Waals surface area (Å²) in [7, 11) is 0. The van der Waals surface area contributed by atoms with E-state index in [9.17, 15) is 4.79 Å². The van der Waals surface area contributed by atoms with E-state index < -0.39 is 0 Å². The molecule has 0 bridgehead atoms. The Morgan fingerprint density at radius 1 is 0.962 bits per heavy atom. The zero-order valence-electron chi connectivity index (χ0n) is 14.8. The van der Waals surface area contributed by atoms with Crippen LogP contribution >= 0.6 is 0 Å². The minimum absolute atomic E-state index is 0.0820. The molecule has 1 atom stereocenters. The first kappa shape index (κ1) is 16.6. The molecule has 26 heavy (non-hydrogen) atoms. The lowest BCUT2D eigenvalue weighted by molar-refractivity contribution is -0.126. The van der Waals surface area contributed by atoms with Gasteiger partial charge in [0.25, 0.3) is 0 Å². The third-order valence-electron chi connectivity index (χ3n) is 5.03. The molecule has 1 amide bonds. The van der Waals surface area contributed by atoms with Crippen LogP contribution in [0.25, 0.3) is 10.8 Å². The van der Waals surface area contributed by atoms with Gasteiger partial charge in [-0.15, -0.1) is 0 Å². The molecule has 3 nitrogen and oxygen atoms in total. The topological polar surface area (TPSA) is 38.3 Å². The maximum atomic E-state index is 12.1. The van der Waals surface area contributed by atoms with Gasteiger partial charge in [-0.25, -0.2) is 0 Å². The van der Waals surface area contributed by atoms with Gasteiger partial charge in [0, 0.05) is 17.8 Å². The fourth-order valence-electron chi connectivity index (χ4n) is 3.59. The number of piperidine rings is 1. The van der Waals surface area contributed by atoms with Crippen LogP contribution in [0.5, 0.6) is 5.75 Å². The van der Waals surface area contributed by atoms with Crippen LogP contribution in [-0.4, -0.2) is 12.5 Å². The second-order valence-corrected chi connectivity index (χ2v) is 6.92. The molecule has 0 spiro atoms. The number of fused-ring (bicyclic) bond motifs is 1. The number of amides is 1. The van der Waals surface area contributed by atoms with E-state index in [1.54, 1.807) is 0 Å². The van der Waals surface area contributed by atoms with Gasteiger partial charge in [-0.1, -0.05) is 54.6 Å². The molecular formula is C23H23NO2. The summed E-state index contributed by atoms with van der Waals surface area (Å²) < 4.78 is 6.09. The average Bonchev–Trinajstić information content (AvgIpc) is 2.69. The Morgan fingerprint density at radius 2 is 1.85 bits per heavy atom. The highest BCUT2D eigenvalue weighted by atomic mass is 16.5. The van der Waals surface area contributed by atoms with Crippen LogP contribution in [-0.2, 0) is 17.8 Å². The Hall–Kier alpha value is -2.81. The van der Waals surface area contributed by atoms with E-state index in [2.05, 4.69) is 41.7 Å². The summed E-state index contributed by atoms with van der Waals surface area (Å²) in [5.41, 5.74) is 2.34. The van der Waals surface area contributed by atoms with Crippen molar-refractivity contribution in [3.8, 4) is 5.75 Å². The van der Waals surface area contributed by atoms with E-state index >= 15 is 0 Å². The molecule has 0 radical (unpaired) electrons. The fourth-order valence-corrected chi connectivity index (χ4v) is 3.59. The molecule has 3 heteroatoms. The van der Waals surface area contributed by atoms with Gasteiger partial charge >= 0.3 is 0 Å². The van der Waals surface area contributed by atoms with Crippen LogP contribution < -0.4 is 10.1 Å². The van der Waals surface area contributed by atoms with Crippen molar-refractivity contribution in [2.75, 3.05) is 6.54 Å². The van der Waals surface area contributed by atoms with Crippen LogP contribution in [0, 0.1) is 5.92 Å². The number of ether oxygens (including phenoxy) is 1. The predicted octanol–water partition coefficient (Wildman–Crippen LogP) is 4.49. The lowest BCUT2D eigenvalue weighted by Crippen LogP contribution is -2.37. The summed E-state index contributed by atoms with van der Waals surface area (Å²) in [4.78, 5) is 12.1. The first-order valence-electron chi connectivity index (χ1n) is 9.26. The smallest absolute Gasteiger partial charge is 0.223 e.